The van der Waals surface area contributed by atoms with Gasteiger partial charge in [-0.15, -0.1) is 0 Å². The first-order valence-corrected chi connectivity index (χ1v) is 9.06. The molecule has 0 unspecified atom stereocenters. The second-order valence-corrected chi connectivity index (χ2v) is 8.20. The van der Waals surface area contributed by atoms with Crippen molar-refractivity contribution >= 4 is 5.91 Å². The summed E-state index contributed by atoms with van der Waals surface area (Å²) in [5.74, 6) is 1.01. The number of amides is 1. The van der Waals surface area contributed by atoms with Gasteiger partial charge in [0.2, 0.25) is 11.8 Å². The minimum atomic E-state index is -1.12. The molecule has 3 rings (SSSR count). The number of hydrogen-bond donors (Lipinski definition) is 1. The van der Waals surface area contributed by atoms with Gasteiger partial charge in [-0.1, -0.05) is 25.9 Å². The summed E-state index contributed by atoms with van der Waals surface area (Å²) in [4.78, 5) is 18.2. The van der Waals surface area contributed by atoms with Gasteiger partial charge in [-0.25, -0.2) is 4.39 Å². The van der Waals surface area contributed by atoms with Gasteiger partial charge in [0.15, 0.2) is 5.82 Å². The summed E-state index contributed by atoms with van der Waals surface area (Å²) < 4.78 is 19.0. The molecule has 0 aromatic carbocycles. The fourth-order valence-electron chi connectivity index (χ4n) is 4.26. The Morgan fingerprint density at radius 3 is 2.85 bits per heavy atom. The van der Waals surface area contributed by atoms with Crippen LogP contribution in [0.25, 0.3) is 0 Å². The molecule has 1 aliphatic heterocycles. The molecular weight excluding hydrogens is 337 g/mol. The number of nitrogens with one attached hydrogen (secondary N) is 1. The van der Waals surface area contributed by atoms with Crippen LogP contribution in [0.4, 0.5) is 4.39 Å². The van der Waals surface area contributed by atoms with E-state index in [1.165, 1.54) is 4.90 Å². The molecule has 0 bridgehead atoms. The molecular formula is C18H26FN5O2. The summed E-state index contributed by atoms with van der Waals surface area (Å²) >= 11 is 0. The molecule has 7 nitrogen and oxygen atoms in total. The topological polar surface area (TPSA) is 95.0 Å². The first-order chi connectivity index (χ1) is 12.2. The smallest absolute Gasteiger partial charge is 0.237 e. The van der Waals surface area contributed by atoms with Crippen molar-refractivity contribution in [2.24, 2.45) is 5.41 Å². The Morgan fingerprint density at radius 2 is 2.23 bits per heavy atom. The molecule has 1 aromatic heterocycles. The average molecular weight is 363 g/mol. The van der Waals surface area contributed by atoms with Crippen LogP contribution in [0.2, 0.25) is 0 Å². The van der Waals surface area contributed by atoms with Crippen molar-refractivity contribution in [3.63, 3.8) is 0 Å². The number of rotatable bonds is 4. The van der Waals surface area contributed by atoms with Crippen LogP contribution >= 0.6 is 0 Å². The van der Waals surface area contributed by atoms with Gasteiger partial charge in [0, 0.05) is 12.5 Å². The number of likely N-dealkylation sites (tertiary alicyclic amines) is 1. The van der Waals surface area contributed by atoms with Gasteiger partial charge in [0.25, 0.3) is 0 Å². The molecule has 2 heterocycles. The van der Waals surface area contributed by atoms with Gasteiger partial charge in [-0.3, -0.25) is 4.79 Å². The number of carbonyl (C=O) groups is 1. The van der Waals surface area contributed by atoms with Gasteiger partial charge < -0.3 is 14.7 Å². The van der Waals surface area contributed by atoms with E-state index in [4.69, 9.17) is 9.78 Å². The number of aryl methyl sites for hydroxylation is 1. The van der Waals surface area contributed by atoms with Crippen LogP contribution in [0, 0.1) is 23.7 Å². The van der Waals surface area contributed by atoms with Crippen LogP contribution in [0.5, 0.6) is 0 Å². The third-order valence-corrected chi connectivity index (χ3v) is 6.44. The normalized spacial score (nSPS) is 33.4. The van der Waals surface area contributed by atoms with E-state index in [-0.39, 0.29) is 42.3 Å². The molecule has 0 spiro atoms. The zero-order chi connectivity index (χ0) is 19.1. The zero-order valence-corrected chi connectivity index (χ0v) is 15.8. The van der Waals surface area contributed by atoms with Crippen LogP contribution in [-0.2, 0) is 10.2 Å². The number of aromatic nitrogens is 2. The van der Waals surface area contributed by atoms with Gasteiger partial charge in [-0.2, -0.15) is 10.2 Å². The minimum Gasteiger partial charge on any atom is -0.339 e. The van der Waals surface area contributed by atoms with E-state index in [0.717, 1.165) is 12.8 Å². The summed E-state index contributed by atoms with van der Waals surface area (Å²) in [6.45, 7) is 8.28. The maximum absolute atomic E-state index is 13.5. The Morgan fingerprint density at radius 1 is 1.50 bits per heavy atom. The van der Waals surface area contributed by atoms with E-state index < -0.39 is 12.2 Å². The fraction of sp³-hybridized carbons (Fsp3) is 0.778. The van der Waals surface area contributed by atoms with Crippen molar-refractivity contribution in [2.75, 3.05) is 13.1 Å². The standard InChI is InChI=1S/C18H26FN5O2/c1-11-22-16(26-23-11)18(4)6-5-14(17(18,2)3)21-9-15(25)24-10-12(19)7-13(24)8-20/h12-14,21H,5-7,9-10H2,1-4H3/t12-,13-,14-,18-/m0/s1. The average Bonchev–Trinajstić information content (AvgIpc) is 3.24. The molecule has 8 heteroatoms. The van der Waals surface area contributed by atoms with Crippen LogP contribution < -0.4 is 5.32 Å². The highest BCUT2D eigenvalue weighted by Gasteiger charge is 2.55. The highest BCUT2D eigenvalue weighted by molar-refractivity contribution is 5.79. The number of halogens is 1. The van der Waals surface area contributed by atoms with Crippen LogP contribution in [0.1, 0.15) is 51.7 Å². The molecule has 4 atom stereocenters. The number of hydrogen-bond acceptors (Lipinski definition) is 6. The number of nitrogens with zero attached hydrogens (tertiary/aromatic N) is 4. The molecule has 26 heavy (non-hydrogen) atoms. The van der Waals surface area contributed by atoms with Crippen molar-refractivity contribution in [1.82, 2.24) is 20.4 Å². The molecule has 2 fully saturated rings. The van der Waals surface area contributed by atoms with E-state index >= 15 is 0 Å². The monoisotopic (exact) mass is 363 g/mol. The number of nitriles is 1. The largest absolute Gasteiger partial charge is 0.339 e. The van der Waals surface area contributed by atoms with Gasteiger partial charge in [0.05, 0.1) is 24.6 Å². The summed E-state index contributed by atoms with van der Waals surface area (Å²) in [7, 11) is 0. The molecule has 1 amide bonds. The Balaban J connectivity index is 1.66. The van der Waals surface area contributed by atoms with Crippen molar-refractivity contribution < 1.29 is 13.7 Å². The Labute approximate surface area is 152 Å². The van der Waals surface area contributed by atoms with Crippen LogP contribution in [0.15, 0.2) is 4.52 Å². The highest BCUT2D eigenvalue weighted by Crippen LogP contribution is 2.53. The zero-order valence-electron chi connectivity index (χ0n) is 15.8. The Kier molecular flexibility index (Phi) is 4.78. The number of carbonyl (C=O) groups excluding carboxylic acids is 1. The Hall–Kier alpha value is -2.01. The summed E-state index contributed by atoms with van der Waals surface area (Å²) in [6, 6.07) is 1.43. The van der Waals surface area contributed by atoms with E-state index in [2.05, 4.69) is 36.2 Å². The van der Waals surface area contributed by atoms with Crippen molar-refractivity contribution in [3.8, 4) is 6.07 Å². The molecule has 1 N–H and O–H groups in total. The Bertz CT molecular complexity index is 727. The first-order valence-electron chi connectivity index (χ1n) is 9.06. The molecule has 142 valence electrons. The molecule has 1 aliphatic carbocycles. The van der Waals surface area contributed by atoms with E-state index in [1.54, 1.807) is 6.92 Å². The van der Waals surface area contributed by atoms with E-state index in [9.17, 15) is 9.18 Å². The second-order valence-electron chi connectivity index (χ2n) is 8.20. The number of alkyl halides is 1. The SMILES string of the molecule is Cc1noc([C@]2(C)CC[C@H](NCC(=O)N3C[C@@H](F)C[C@H]3C#N)C2(C)C)n1. The molecule has 1 saturated heterocycles. The van der Waals surface area contributed by atoms with Gasteiger partial charge in [-0.05, 0) is 25.2 Å². The van der Waals surface area contributed by atoms with Crippen molar-refractivity contribution in [2.45, 2.75) is 70.6 Å². The third-order valence-electron chi connectivity index (χ3n) is 6.44. The lowest BCUT2D eigenvalue weighted by atomic mass is 9.67. The summed E-state index contributed by atoms with van der Waals surface area (Å²) in [6.07, 6.45) is 0.720. The maximum Gasteiger partial charge on any atom is 0.237 e. The highest BCUT2D eigenvalue weighted by atomic mass is 19.1. The lowest BCUT2D eigenvalue weighted by Crippen LogP contribution is -2.50. The third kappa shape index (κ3) is 2.98. The lowest BCUT2D eigenvalue weighted by Gasteiger charge is -2.39. The van der Waals surface area contributed by atoms with Crippen LogP contribution in [-0.4, -0.2) is 52.3 Å². The molecule has 2 aliphatic rings. The van der Waals surface area contributed by atoms with Gasteiger partial charge >= 0.3 is 0 Å². The first kappa shape index (κ1) is 18.8. The molecule has 1 saturated carbocycles. The molecule has 0 radical (unpaired) electrons. The molecule has 1 aromatic rings. The second kappa shape index (κ2) is 6.62. The predicted octanol–water partition coefficient (Wildman–Crippen LogP) is 1.88. The van der Waals surface area contributed by atoms with Crippen LogP contribution in [0.3, 0.4) is 0 Å². The quantitative estimate of drug-likeness (QED) is 0.877. The summed E-state index contributed by atoms with van der Waals surface area (Å²) in [5.41, 5.74) is -0.504. The lowest BCUT2D eigenvalue weighted by molar-refractivity contribution is -0.130. The maximum atomic E-state index is 13.5. The van der Waals surface area contributed by atoms with E-state index in [0.29, 0.717) is 11.7 Å². The fourth-order valence-corrected chi connectivity index (χ4v) is 4.26. The minimum absolute atomic E-state index is 0.00573. The predicted molar refractivity (Wildman–Crippen MR) is 91.8 cm³/mol. The van der Waals surface area contributed by atoms with Crippen molar-refractivity contribution in [1.29, 1.82) is 5.26 Å². The van der Waals surface area contributed by atoms with Crippen molar-refractivity contribution in [3.05, 3.63) is 11.7 Å². The summed E-state index contributed by atoms with van der Waals surface area (Å²) in [5, 5.41) is 16.4. The van der Waals surface area contributed by atoms with E-state index in [1.807, 2.05) is 6.07 Å². The van der Waals surface area contributed by atoms with Gasteiger partial charge in [0.1, 0.15) is 12.2 Å².